The summed E-state index contributed by atoms with van der Waals surface area (Å²) < 4.78 is 22.4. The Bertz CT molecular complexity index is 1970. The van der Waals surface area contributed by atoms with E-state index in [9.17, 15) is 65.4 Å². The van der Waals surface area contributed by atoms with E-state index in [1.807, 2.05) is 0 Å². The number of aliphatic hydroxyl groups excluding tert-OH is 2. The van der Waals surface area contributed by atoms with Crippen molar-refractivity contribution in [2.75, 3.05) is 6.61 Å². The van der Waals surface area contributed by atoms with Crippen molar-refractivity contribution in [2.24, 2.45) is 0 Å². The highest BCUT2D eigenvalue weighted by Crippen LogP contribution is 2.47. The van der Waals surface area contributed by atoms with Gasteiger partial charge in [-0.1, -0.05) is 13.8 Å². The zero-order valence-electron chi connectivity index (χ0n) is 25.5. The SMILES string of the molecule is CC(C)c1cc(=O)c2c(O)c(C3OC(CO)C(O)C(OC(=O)c4cc(O)c(O)c(O)c4)C3OC(=O)c3cc(O)c(O)c(O)c3)c(O)cc2o1. The maximum absolute atomic E-state index is 13.4. The number of rotatable bonds is 7. The van der Waals surface area contributed by atoms with Gasteiger partial charge in [0.2, 0.25) is 0 Å². The van der Waals surface area contributed by atoms with Gasteiger partial charge in [-0.3, -0.25) is 4.79 Å². The zero-order valence-corrected chi connectivity index (χ0v) is 25.5. The lowest BCUT2D eigenvalue weighted by molar-refractivity contribution is -0.232. The summed E-state index contributed by atoms with van der Waals surface area (Å²) in [7, 11) is 0. The van der Waals surface area contributed by atoms with Gasteiger partial charge in [-0.05, 0) is 24.3 Å². The van der Waals surface area contributed by atoms with Crippen LogP contribution in [0.5, 0.6) is 46.0 Å². The molecule has 1 fully saturated rings. The highest BCUT2D eigenvalue weighted by atomic mass is 16.6. The number of fused-ring (bicyclic) bond motifs is 1. The Hall–Kier alpha value is -5.91. The molecule has 260 valence electrons. The van der Waals surface area contributed by atoms with Crippen LogP contribution >= 0.6 is 0 Å². The first kappa shape index (κ1) is 34.4. The molecule has 1 aliphatic heterocycles. The van der Waals surface area contributed by atoms with E-state index in [2.05, 4.69) is 0 Å². The molecule has 17 nitrogen and oxygen atoms in total. The maximum atomic E-state index is 13.4. The number of esters is 2. The first-order chi connectivity index (χ1) is 23.0. The van der Waals surface area contributed by atoms with E-state index in [1.54, 1.807) is 13.8 Å². The van der Waals surface area contributed by atoms with Crippen molar-refractivity contribution < 1.29 is 79.3 Å². The number of phenolic OH excluding ortho intramolecular Hbond substituents is 8. The van der Waals surface area contributed by atoms with Crippen LogP contribution in [0.3, 0.4) is 0 Å². The fraction of sp³-hybridized carbons (Fsp3) is 0.281. The predicted octanol–water partition coefficient (Wildman–Crippen LogP) is 1.81. The minimum Gasteiger partial charge on any atom is -0.507 e. The van der Waals surface area contributed by atoms with Crippen LogP contribution < -0.4 is 5.43 Å². The van der Waals surface area contributed by atoms with Gasteiger partial charge in [-0.2, -0.15) is 0 Å². The largest absolute Gasteiger partial charge is 0.507 e. The summed E-state index contributed by atoms with van der Waals surface area (Å²) >= 11 is 0. The number of phenols is 8. The highest BCUT2D eigenvalue weighted by Gasteiger charge is 2.52. The second kappa shape index (κ2) is 12.9. The predicted molar refractivity (Wildman–Crippen MR) is 162 cm³/mol. The lowest BCUT2D eigenvalue weighted by Gasteiger charge is -2.43. The molecule has 0 aliphatic carbocycles. The van der Waals surface area contributed by atoms with Crippen molar-refractivity contribution in [3.63, 3.8) is 0 Å². The summed E-state index contributed by atoms with van der Waals surface area (Å²) in [5.74, 6) is -10.3. The van der Waals surface area contributed by atoms with Gasteiger partial charge in [0.25, 0.3) is 0 Å². The van der Waals surface area contributed by atoms with Gasteiger partial charge in [0.1, 0.15) is 46.5 Å². The molecular formula is C32H30O17. The molecule has 0 radical (unpaired) electrons. The minimum absolute atomic E-state index is 0.215. The molecule has 5 atom stereocenters. The summed E-state index contributed by atoms with van der Waals surface area (Å²) in [4.78, 5) is 39.8. The molecular weight excluding hydrogens is 656 g/mol. The lowest BCUT2D eigenvalue weighted by atomic mass is 9.89. The molecule has 0 bridgehead atoms. The Morgan fingerprint density at radius 2 is 1.22 bits per heavy atom. The summed E-state index contributed by atoms with van der Waals surface area (Å²) in [5, 5.41) is 102. The Labute approximate surface area is 274 Å². The third-order valence-electron chi connectivity index (χ3n) is 7.82. The third-order valence-corrected chi connectivity index (χ3v) is 7.82. The topological polar surface area (TPSA) is 294 Å². The van der Waals surface area contributed by atoms with E-state index in [0.717, 1.165) is 12.1 Å². The Morgan fingerprint density at radius 3 is 1.69 bits per heavy atom. The number of hydrogen-bond donors (Lipinski definition) is 10. The van der Waals surface area contributed by atoms with Crippen LogP contribution in [0.1, 0.15) is 57.9 Å². The minimum atomic E-state index is -2.09. The van der Waals surface area contributed by atoms with Gasteiger partial charge in [0.05, 0.1) is 23.3 Å². The Morgan fingerprint density at radius 1 is 0.735 bits per heavy atom. The van der Waals surface area contributed by atoms with Crippen LogP contribution in [-0.2, 0) is 14.2 Å². The van der Waals surface area contributed by atoms with Gasteiger partial charge < -0.3 is 69.7 Å². The zero-order chi connectivity index (χ0) is 36.1. The van der Waals surface area contributed by atoms with Crippen molar-refractivity contribution in [1.29, 1.82) is 0 Å². The van der Waals surface area contributed by atoms with Gasteiger partial charge >= 0.3 is 11.9 Å². The summed E-state index contributed by atoms with van der Waals surface area (Å²) in [6.07, 6.45) is -9.85. The standard InChI is InChI=1S/C32H30O17/c1-10(2)19-7-13(34)22-20(46-19)8-14(35)23(27(22)43)28-30(49-32(45)12-5-17(38)25(41)18(39)6-12)29(26(42)21(9-33)47-28)48-31(44)11-3-15(36)24(40)16(37)4-11/h3-8,10,21,26,28-30,33,35-43H,9H2,1-2H3. The van der Waals surface area contributed by atoms with Crippen molar-refractivity contribution in [1.82, 2.24) is 0 Å². The average molecular weight is 687 g/mol. The van der Waals surface area contributed by atoms with Crippen molar-refractivity contribution in [3.05, 3.63) is 69.1 Å². The molecule has 0 amide bonds. The van der Waals surface area contributed by atoms with Crippen LogP contribution in [0.2, 0.25) is 0 Å². The molecule has 2 heterocycles. The van der Waals surface area contributed by atoms with Crippen LogP contribution in [0.25, 0.3) is 11.0 Å². The van der Waals surface area contributed by atoms with Crippen molar-refractivity contribution in [3.8, 4) is 46.0 Å². The summed E-state index contributed by atoms with van der Waals surface area (Å²) in [6.45, 7) is 2.47. The van der Waals surface area contributed by atoms with E-state index in [1.165, 1.54) is 0 Å². The van der Waals surface area contributed by atoms with Crippen LogP contribution in [0, 0.1) is 0 Å². The van der Waals surface area contributed by atoms with E-state index >= 15 is 0 Å². The first-order valence-corrected chi connectivity index (χ1v) is 14.4. The average Bonchev–Trinajstić information content (AvgIpc) is 3.03. The molecule has 1 saturated heterocycles. The highest BCUT2D eigenvalue weighted by molar-refractivity contribution is 5.92. The number of carbonyl (C=O) groups excluding carboxylic acids is 2. The molecule has 3 aromatic carbocycles. The number of carbonyl (C=O) groups is 2. The summed E-state index contributed by atoms with van der Waals surface area (Å²) in [6, 6.07) is 4.82. The van der Waals surface area contributed by atoms with Gasteiger partial charge in [0.15, 0.2) is 52.1 Å². The van der Waals surface area contributed by atoms with Crippen LogP contribution in [0.15, 0.2) is 45.6 Å². The van der Waals surface area contributed by atoms with Crippen molar-refractivity contribution in [2.45, 2.75) is 50.3 Å². The molecule has 5 rings (SSSR count). The van der Waals surface area contributed by atoms with Gasteiger partial charge in [0, 0.05) is 18.1 Å². The quantitative estimate of drug-likeness (QED) is 0.0979. The number of hydrogen-bond acceptors (Lipinski definition) is 17. The third kappa shape index (κ3) is 6.24. The fourth-order valence-electron chi connectivity index (χ4n) is 5.29. The monoisotopic (exact) mass is 686 g/mol. The molecule has 1 aromatic heterocycles. The fourth-order valence-corrected chi connectivity index (χ4v) is 5.29. The molecule has 49 heavy (non-hydrogen) atoms. The Balaban J connectivity index is 1.68. The first-order valence-electron chi connectivity index (χ1n) is 14.4. The second-order valence-corrected chi connectivity index (χ2v) is 11.4. The van der Waals surface area contributed by atoms with Crippen molar-refractivity contribution >= 4 is 22.9 Å². The Kier molecular flexibility index (Phi) is 9.10. The molecule has 10 N–H and O–H groups in total. The van der Waals surface area contributed by atoms with E-state index in [0.29, 0.717) is 24.3 Å². The molecule has 5 unspecified atom stereocenters. The number of aromatic hydroxyl groups is 8. The number of benzene rings is 3. The molecule has 4 aromatic rings. The maximum Gasteiger partial charge on any atom is 0.338 e. The summed E-state index contributed by atoms with van der Waals surface area (Å²) in [5.41, 5.74) is -2.83. The number of aliphatic hydroxyl groups is 2. The molecule has 1 aliphatic rings. The number of ether oxygens (including phenoxy) is 3. The molecule has 0 saturated carbocycles. The second-order valence-electron chi connectivity index (χ2n) is 11.4. The van der Waals surface area contributed by atoms with Crippen LogP contribution in [0.4, 0.5) is 0 Å². The van der Waals surface area contributed by atoms with E-state index in [-0.39, 0.29) is 17.3 Å². The van der Waals surface area contributed by atoms with Gasteiger partial charge in [-0.15, -0.1) is 0 Å². The van der Waals surface area contributed by atoms with E-state index < -0.39 is 123 Å². The molecule has 17 heteroatoms. The normalized spacial score (nSPS) is 20.7. The van der Waals surface area contributed by atoms with Crippen LogP contribution in [-0.4, -0.2) is 94.0 Å². The molecule has 0 spiro atoms. The smallest absolute Gasteiger partial charge is 0.338 e. The lowest BCUT2D eigenvalue weighted by Crippen LogP contribution is -2.58. The van der Waals surface area contributed by atoms with E-state index in [4.69, 9.17) is 18.6 Å². The van der Waals surface area contributed by atoms with Gasteiger partial charge in [-0.25, -0.2) is 9.59 Å².